The molecule has 2 rings (SSSR count). The van der Waals surface area contributed by atoms with Crippen molar-refractivity contribution in [2.24, 2.45) is 0 Å². The number of carbonyl (C=O) groups excluding carboxylic acids is 1. The SMILES string of the molecule is COc1ccc(C(O)CC(=O)Sc2ccccc2)cc1. The molecule has 0 aromatic heterocycles. The van der Waals surface area contributed by atoms with Gasteiger partial charge in [-0.3, -0.25) is 4.79 Å². The van der Waals surface area contributed by atoms with Gasteiger partial charge in [-0.2, -0.15) is 0 Å². The van der Waals surface area contributed by atoms with Crippen molar-refractivity contribution in [2.45, 2.75) is 17.4 Å². The van der Waals surface area contributed by atoms with Crippen molar-refractivity contribution in [3.8, 4) is 5.75 Å². The second kappa shape index (κ2) is 7.12. The van der Waals surface area contributed by atoms with Crippen LogP contribution in [0.1, 0.15) is 18.1 Å². The quantitative estimate of drug-likeness (QED) is 0.856. The lowest BCUT2D eigenvalue weighted by Gasteiger charge is -2.10. The van der Waals surface area contributed by atoms with Crippen LogP contribution in [0.4, 0.5) is 0 Å². The maximum atomic E-state index is 11.9. The van der Waals surface area contributed by atoms with Gasteiger partial charge in [-0.25, -0.2) is 0 Å². The molecule has 0 bridgehead atoms. The second-order valence-electron chi connectivity index (χ2n) is 4.28. The van der Waals surface area contributed by atoms with Gasteiger partial charge in [0.25, 0.3) is 0 Å². The van der Waals surface area contributed by atoms with Gasteiger partial charge >= 0.3 is 0 Å². The van der Waals surface area contributed by atoms with Crippen LogP contribution in [-0.4, -0.2) is 17.3 Å². The smallest absolute Gasteiger partial charge is 0.196 e. The van der Waals surface area contributed by atoms with Gasteiger partial charge in [-0.05, 0) is 29.8 Å². The van der Waals surface area contributed by atoms with Gasteiger partial charge < -0.3 is 9.84 Å². The van der Waals surface area contributed by atoms with E-state index in [0.29, 0.717) is 5.56 Å². The molecule has 2 aromatic rings. The van der Waals surface area contributed by atoms with Crippen molar-refractivity contribution < 1.29 is 14.6 Å². The molecule has 0 saturated carbocycles. The second-order valence-corrected chi connectivity index (χ2v) is 5.41. The summed E-state index contributed by atoms with van der Waals surface area (Å²) in [5.41, 5.74) is 0.716. The van der Waals surface area contributed by atoms with E-state index >= 15 is 0 Å². The molecule has 104 valence electrons. The summed E-state index contributed by atoms with van der Waals surface area (Å²) < 4.78 is 5.06. The summed E-state index contributed by atoms with van der Waals surface area (Å²) in [7, 11) is 1.59. The van der Waals surface area contributed by atoms with Crippen LogP contribution in [0.5, 0.6) is 5.75 Å². The Kier molecular flexibility index (Phi) is 5.21. The van der Waals surface area contributed by atoms with Crippen molar-refractivity contribution in [3.05, 3.63) is 60.2 Å². The predicted molar refractivity (Wildman–Crippen MR) is 79.9 cm³/mol. The number of aliphatic hydroxyl groups excluding tert-OH is 1. The number of carbonyl (C=O) groups is 1. The first-order chi connectivity index (χ1) is 9.69. The highest BCUT2D eigenvalue weighted by molar-refractivity contribution is 8.13. The average Bonchev–Trinajstić information content (AvgIpc) is 2.48. The molecule has 1 atom stereocenters. The molecular formula is C16H16O3S. The van der Waals surface area contributed by atoms with Gasteiger partial charge in [0.1, 0.15) is 5.75 Å². The number of rotatable bonds is 5. The summed E-state index contributed by atoms with van der Waals surface area (Å²) in [5, 5.41) is 10.0. The Morgan fingerprint density at radius 1 is 1.15 bits per heavy atom. The minimum absolute atomic E-state index is 0.0560. The summed E-state index contributed by atoms with van der Waals surface area (Å²) >= 11 is 1.15. The number of thioether (sulfide) groups is 1. The summed E-state index contributed by atoms with van der Waals surface area (Å²) in [5.74, 6) is 0.728. The van der Waals surface area contributed by atoms with Gasteiger partial charge in [-0.15, -0.1) is 0 Å². The first kappa shape index (κ1) is 14.6. The van der Waals surface area contributed by atoms with E-state index in [-0.39, 0.29) is 11.5 Å². The zero-order valence-electron chi connectivity index (χ0n) is 11.2. The van der Waals surface area contributed by atoms with Crippen LogP contribution in [0, 0.1) is 0 Å². The van der Waals surface area contributed by atoms with E-state index in [9.17, 15) is 9.90 Å². The molecule has 0 aliphatic rings. The molecule has 3 nitrogen and oxygen atoms in total. The highest BCUT2D eigenvalue weighted by Gasteiger charge is 2.14. The summed E-state index contributed by atoms with van der Waals surface area (Å²) in [4.78, 5) is 12.8. The first-order valence-corrected chi connectivity index (χ1v) is 7.08. The molecule has 0 aliphatic heterocycles. The molecule has 0 fully saturated rings. The van der Waals surface area contributed by atoms with Crippen LogP contribution < -0.4 is 4.74 Å². The van der Waals surface area contributed by atoms with E-state index in [2.05, 4.69) is 0 Å². The van der Waals surface area contributed by atoms with Gasteiger partial charge in [0, 0.05) is 11.3 Å². The van der Waals surface area contributed by atoms with Gasteiger partial charge in [-0.1, -0.05) is 42.1 Å². The average molecular weight is 288 g/mol. The molecule has 0 aliphatic carbocycles. The predicted octanol–water partition coefficient (Wildman–Crippen LogP) is 3.44. The maximum Gasteiger partial charge on any atom is 0.196 e. The Morgan fingerprint density at radius 2 is 1.80 bits per heavy atom. The Morgan fingerprint density at radius 3 is 2.40 bits per heavy atom. The van der Waals surface area contributed by atoms with Crippen LogP contribution in [-0.2, 0) is 4.79 Å². The molecule has 0 radical (unpaired) electrons. The van der Waals surface area contributed by atoms with Crippen molar-refractivity contribution in [1.82, 2.24) is 0 Å². The van der Waals surface area contributed by atoms with E-state index in [0.717, 1.165) is 22.4 Å². The van der Waals surface area contributed by atoms with E-state index in [4.69, 9.17) is 4.74 Å². The van der Waals surface area contributed by atoms with Crippen LogP contribution >= 0.6 is 11.8 Å². The number of ether oxygens (including phenoxy) is 1. The molecule has 20 heavy (non-hydrogen) atoms. The molecule has 0 spiro atoms. The van der Waals surface area contributed by atoms with Gasteiger partial charge in [0.15, 0.2) is 5.12 Å². The fourth-order valence-corrected chi connectivity index (χ4v) is 2.56. The minimum Gasteiger partial charge on any atom is -0.497 e. The summed E-state index contributed by atoms with van der Waals surface area (Å²) in [6.45, 7) is 0. The standard InChI is InChI=1S/C16H16O3S/c1-19-13-9-7-12(8-10-13)15(17)11-16(18)20-14-5-3-2-4-6-14/h2-10,15,17H,11H2,1H3. The largest absolute Gasteiger partial charge is 0.497 e. The third kappa shape index (κ3) is 4.11. The number of aliphatic hydroxyl groups is 1. The molecule has 0 heterocycles. The van der Waals surface area contributed by atoms with Gasteiger partial charge in [0.2, 0.25) is 0 Å². The molecule has 1 unspecified atom stereocenters. The first-order valence-electron chi connectivity index (χ1n) is 6.27. The number of hydrogen-bond acceptors (Lipinski definition) is 4. The Hall–Kier alpha value is -1.78. The Bertz CT molecular complexity index is 552. The van der Waals surface area contributed by atoms with Crippen molar-refractivity contribution in [3.63, 3.8) is 0 Å². The summed E-state index contributed by atoms with van der Waals surface area (Å²) in [6.07, 6.45) is -0.698. The van der Waals surface area contributed by atoms with Crippen LogP contribution in [0.25, 0.3) is 0 Å². The lowest BCUT2D eigenvalue weighted by Crippen LogP contribution is -2.03. The van der Waals surface area contributed by atoms with Crippen molar-refractivity contribution >= 4 is 16.9 Å². The van der Waals surface area contributed by atoms with Crippen molar-refractivity contribution in [2.75, 3.05) is 7.11 Å². The molecule has 0 amide bonds. The summed E-state index contributed by atoms with van der Waals surface area (Å²) in [6, 6.07) is 16.5. The molecule has 2 aromatic carbocycles. The molecule has 4 heteroatoms. The van der Waals surface area contributed by atoms with E-state index in [1.165, 1.54) is 0 Å². The van der Waals surface area contributed by atoms with E-state index < -0.39 is 6.10 Å². The van der Waals surface area contributed by atoms with Crippen LogP contribution in [0.3, 0.4) is 0 Å². The third-order valence-corrected chi connectivity index (χ3v) is 3.74. The lowest BCUT2D eigenvalue weighted by molar-refractivity contribution is -0.112. The maximum absolute atomic E-state index is 11.9. The fraction of sp³-hybridized carbons (Fsp3) is 0.188. The van der Waals surface area contributed by atoms with Crippen LogP contribution in [0.2, 0.25) is 0 Å². The fourth-order valence-electron chi connectivity index (χ4n) is 1.76. The third-order valence-electron chi connectivity index (χ3n) is 2.84. The van der Waals surface area contributed by atoms with E-state index in [1.54, 1.807) is 31.4 Å². The Labute approximate surface area is 122 Å². The zero-order valence-corrected chi connectivity index (χ0v) is 12.0. The highest BCUT2D eigenvalue weighted by Crippen LogP contribution is 2.26. The highest BCUT2D eigenvalue weighted by atomic mass is 32.2. The minimum atomic E-state index is -0.787. The molecule has 0 saturated heterocycles. The normalized spacial score (nSPS) is 11.9. The number of benzene rings is 2. The Balaban J connectivity index is 1.93. The topological polar surface area (TPSA) is 46.5 Å². The number of methoxy groups -OCH3 is 1. The van der Waals surface area contributed by atoms with Crippen LogP contribution in [0.15, 0.2) is 59.5 Å². The monoisotopic (exact) mass is 288 g/mol. The van der Waals surface area contributed by atoms with Gasteiger partial charge in [0.05, 0.1) is 13.2 Å². The van der Waals surface area contributed by atoms with Crippen molar-refractivity contribution in [1.29, 1.82) is 0 Å². The molecule has 1 N–H and O–H groups in total. The lowest BCUT2D eigenvalue weighted by atomic mass is 10.1. The van der Waals surface area contributed by atoms with E-state index in [1.807, 2.05) is 30.3 Å². The zero-order chi connectivity index (χ0) is 14.4. The number of hydrogen-bond donors (Lipinski definition) is 1. The molecular weight excluding hydrogens is 272 g/mol.